The second-order valence-corrected chi connectivity index (χ2v) is 4.54. The van der Waals surface area contributed by atoms with E-state index < -0.39 is 0 Å². The number of benzene rings is 1. The molecule has 0 bridgehead atoms. The van der Waals surface area contributed by atoms with Gasteiger partial charge in [0.15, 0.2) is 0 Å². The highest BCUT2D eigenvalue weighted by molar-refractivity contribution is 9.10. The molecule has 80 valence electrons. The maximum absolute atomic E-state index is 5.89. The molecule has 1 aromatic carbocycles. The van der Waals surface area contributed by atoms with E-state index in [0.29, 0.717) is 0 Å². The standard InChI is InChI=1S/C12H13BrClN/c1-3-4-5-12(15-2)10-7-6-9(14)8-11(10)13/h1,6-8,12,15H,4-5H2,2H3. The minimum Gasteiger partial charge on any atom is -0.313 e. The normalized spacial score (nSPS) is 12.1. The average molecular weight is 287 g/mol. The molecule has 1 nitrogen and oxygen atoms in total. The molecule has 3 heteroatoms. The van der Waals surface area contributed by atoms with E-state index in [1.54, 1.807) is 0 Å². The number of terminal acetylenes is 1. The molecule has 0 aliphatic heterocycles. The Morgan fingerprint density at radius 2 is 2.33 bits per heavy atom. The van der Waals surface area contributed by atoms with Crippen LogP contribution in [0.25, 0.3) is 0 Å². The number of hydrogen-bond donors (Lipinski definition) is 1. The Labute approximate surface area is 104 Å². The molecule has 1 rings (SSSR count). The second kappa shape index (κ2) is 6.17. The van der Waals surface area contributed by atoms with Crippen molar-refractivity contribution in [1.82, 2.24) is 5.32 Å². The molecule has 15 heavy (non-hydrogen) atoms. The van der Waals surface area contributed by atoms with E-state index in [-0.39, 0.29) is 6.04 Å². The Bertz CT molecular complexity index is 370. The van der Waals surface area contributed by atoms with E-state index in [1.165, 1.54) is 5.56 Å². The molecule has 0 aliphatic carbocycles. The number of halogens is 2. The largest absolute Gasteiger partial charge is 0.313 e. The van der Waals surface area contributed by atoms with E-state index >= 15 is 0 Å². The summed E-state index contributed by atoms with van der Waals surface area (Å²) in [5, 5.41) is 3.98. The average Bonchev–Trinajstić information content (AvgIpc) is 2.21. The van der Waals surface area contributed by atoms with Crippen LogP contribution in [0.4, 0.5) is 0 Å². The lowest BCUT2D eigenvalue weighted by molar-refractivity contribution is 0.556. The third-order valence-electron chi connectivity index (χ3n) is 2.26. The number of rotatable bonds is 4. The van der Waals surface area contributed by atoms with Crippen LogP contribution in [-0.4, -0.2) is 7.05 Å². The molecular formula is C12H13BrClN. The van der Waals surface area contributed by atoms with E-state index in [1.807, 2.05) is 25.2 Å². The molecule has 0 heterocycles. The Hall–Kier alpha value is -0.490. The Morgan fingerprint density at radius 1 is 1.60 bits per heavy atom. The van der Waals surface area contributed by atoms with Gasteiger partial charge in [0.2, 0.25) is 0 Å². The zero-order valence-electron chi connectivity index (χ0n) is 8.56. The van der Waals surface area contributed by atoms with Crippen LogP contribution in [0.15, 0.2) is 22.7 Å². The summed E-state index contributed by atoms with van der Waals surface area (Å²) in [4.78, 5) is 0. The Kier molecular flexibility index (Phi) is 5.17. The molecule has 0 saturated carbocycles. The predicted octanol–water partition coefficient (Wildman–Crippen LogP) is 3.78. The van der Waals surface area contributed by atoms with Gasteiger partial charge in [0.1, 0.15) is 0 Å². The lowest BCUT2D eigenvalue weighted by Gasteiger charge is -2.17. The summed E-state index contributed by atoms with van der Waals surface area (Å²) in [6.45, 7) is 0. The highest BCUT2D eigenvalue weighted by atomic mass is 79.9. The first-order chi connectivity index (χ1) is 7.19. The van der Waals surface area contributed by atoms with Crippen LogP contribution in [0.1, 0.15) is 24.4 Å². The van der Waals surface area contributed by atoms with Crippen molar-refractivity contribution in [2.75, 3.05) is 7.05 Å². The topological polar surface area (TPSA) is 12.0 Å². The van der Waals surface area contributed by atoms with Crippen molar-refractivity contribution < 1.29 is 0 Å². The monoisotopic (exact) mass is 285 g/mol. The zero-order valence-corrected chi connectivity index (χ0v) is 10.9. The highest BCUT2D eigenvalue weighted by Crippen LogP contribution is 2.28. The van der Waals surface area contributed by atoms with Crippen LogP contribution in [0.2, 0.25) is 5.02 Å². The summed E-state index contributed by atoms with van der Waals surface area (Å²) in [6.07, 6.45) is 6.95. The minimum absolute atomic E-state index is 0.271. The van der Waals surface area contributed by atoms with Crippen molar-refractivity contribution in [3.63, 3.8) is 0 Å². The van der Waals surface area contributed by atoms with Crippen molar-refractivity contribution in [2.24, 2.45) is 0 Å². The third-order valence-corrected chi connectivity index (χ3v) is 3.19. The van der Waals surface area contributed by atoms with Gasteiger partial charge >= 0.3 is 0 Å². The molecule has 1 aromatic rings. The van der Waals surface area contributed by atoms with Gasteiger partial charge < -0.3 is 5.32 Å². The summed E-state index contributed by atoms with van der Waals surface area (Å²) in [5.74, 6) is 2.65. The smallest absolute Gasteiger partial charge is 0.0417 e. The van der Waals surface area contributed by atoms with Crippen molar-refractivity contribution in [3.05, 3.63) is 33.3 Å². The predicted molar refractivity (Wildman–Crippen MR) is 69.0 cm³/mol. The van der Waals surface area contributed by atoms with Gasteiger partial charge in [0.05, 0.1) is 0 Å². The fourth-order valence-corrected chi connectivity index (χ4v) is 2.43. The maximum Gasteiger partial charge on any atom is 0.0417 e. The van der Waals surface area contributed by atoms with E-state index in [2.05, 4.69) is 27.2 Å². The molecule has 0 saturated heterocycles. The van der Waals surface area contributed by atoms with Crippen molar-refractivity contribution in [2.45, 2.75) is 18.9 Å². The van der Waals surface area contributed by atoms with E-state index in [9.17, 15) is 0 Å². The quantitative estimate of drug-likeness (QED) is 0.831. The van der Waals surface area contributed by atoms with Crippen molar-refractivity contribution in [1.29, 1.82) is 0 Å². The van der Waals surface area contributed by atoms with Crippen LogP contribution in [-0.2, 0) is 0 Å². The molecule has 0 radical (unpaired) electrons. The lowest BCUT2D eigenvalue weighted by Crippen LogP contribution is -2.16. The number of nitrogens with one attached hydrogen (secondary N) is 1. The Morgan fingerprint density at radius 3 is 2.87 bits per heavy atom. The molecule has 0 spiro atoms. The molecule has 1 atom stereocenters. The SMILES string of the molecule is C#CCCC(NC)c1ccc(Cl)cc1Br. The second-order valence-electron chi connectivity index (χ2n) is 3.25. The van der Waals surface area contributed by atoms with Gasteiger partial charge in [0, 0.05) is 22.0 Å². The lowest BCUT2D eigenvalue weighted by atomic mass is 10.0. The molecule has 0 fully saturated rings. The molecular weight excluding hydrogens is 273 g/mol. The summed E-state index contributed by atoms with van der Waals surface area (Å²) in [7, 11) is 1.93. The highest BCUT2D eigenvalue weighted by Gasteiger charge is 2.11. The van der Waals surface area contributed by atoms with E-state index in [0.717, 1.165) is 22.3 Å². The Balaban J connectivity index is 2.87. The van der Waals surface area contributed by atoms with Gasteiger partial charge in [-0.05, 0) is 31.2 Å². The van der Waals surface area contributed by atoms with Gasteiger partial charge in [0.25, 0.3) is 0 Å². The molecule has 1 N–H and O–H groups in total. The molecule has 1 unspecified atom stereocenters. The molecule has 0 aliphatic rings. The fraction of sp³-hybridized carbons (Fsp3) is 0.333. The summed E-state index contributed by atoms with van der Waals surface area (Å²) in [6, 6.07) is 6.08. The first-order valence-corrected chi connectivity index (χ1v) is 5.91. The van der Waals surface area contributed by atoms with Crippen LogP contribution < -0.4 is 5.32 Å². The van der Waals surface area contributed by atoms with Crippen LogP contribution >= 0.6 is 27.5 Å². The van der Waals surface area contributed by atoms with Gasteiger partial charge in [-0.15, -0.1) is 12.3 Å². The number of hydrogen-bond acceptors (Lipinski definition) is 1. The minimum atomic E-state index is 0.271. The molecule has 0 amide bonds. The van der Waals surface area contributed by atoms with Gasteiger partial charge in [-0.2, -0.15) is 0 Å². The first-order valence-electron chi connectivity index (χ1n) is 4.74. The van der Waals surface area contributed by atoms with Gasteiger partial charge in [-0.25, -0.2) is 0 Å². The maximum atomic E-state index is 5.89. The van der Waals surface area contributed by atoms with Crippen molar-refractivity contribution >= 4 is 27.5 Å². The first kappa shape index (κ1) is 12.6. The van der Waals surface area contributed by atoms with Crippen LogP contribution in [0.5, 0.6) is 0 Å². The van der Waals surface area contributed by atoms with Gasteiger partial charge in [-0.1, -0.05) is 33.6 Å². The van der Waals surface area contributed by atoms with Gasteiger partial charge in [-0.3, -0.25) is 0 Å². The summed E-state index contributed by atoms with van der Waals surface area (Å²) in [5.41, 5.74) is 1.19. The zero-order chi connectivity index (χ0) is 11.3. The fourth-order valence-electron chi connectivity index (χ4n) is 1.47. The van der Waals surface area contributed by atoms with Crippen molar-refractivity contribution in [3.8, 4) is 12.3 Å². The summed E-state index contributed by atoms with van der Waals surface area (Å²) >= 11 is 9.39. The van der Waals surface area contributed by atoms with Crippen LogP contribution in [0, 0.1) is 12.3 Å². The third kappa shape index (κ3) is 3.53. The summed E-state index contributed by atoms with van der Waals surface area (Å²) < 4.78 is 1.02. The van der Waals surface area contributed by atoms with Crippen LogP contribution in [0.3, 0.4) is 0 Å². The molecule has 0 aromatic heterocycles. The van der Waals surface area contributed by atoms with E-state index in [4.69, 9.17) is 18.0 Å².